The van der Waals surface area contributed by atoms with E-state index in [1.165, 1.54) is 31.4 Å². The summed E-state index contributed by atoms with van der Waals surface area (Å²) in [6.45, 7) is 1.92. The van der Waals surface area contributed by atoms with Gasteiger partial charge in [-0.25, -0.2) is 0 Å². The van der Waals surface area contributed by atoms with Crippen molar-refractivity contribution in [2.45, 2.75) is 44.7 Å². The fraction of sp³-hybridized carbons (Fsp3) is 0.688. The molecule has 1 aromatic heterocycles. The second-order valence-corrected chi connectivity index (χ2v) is 6.91. The van der Waals surface area contributed by atoms with E-state index in [4.69, 9.17) is 0 Å². The molecule has 1 aliphatic rings. The Hall–Kier alpha value is -0.650. The van der Waals surface area contributed by atoms with E-state index < -0.39 is 0 Å². The Morgan fingerprint density at radius 1 is 1.43 bits per heavy atom. The van der Waals surface area contributed by atoms with Crippen LogP contribution < -0.4 is 5.32 Å². The van der Waals surface area contributed by atoms with Crippen molar-refractivity contribution in [3.8, 4) is 0 Å². The predicted octanol–water partition coefficient (Wildman–Crippen LogP) is 3.36. The molecule has 0 bridgehead atoms. The molecule has 0 aliphatic heterocycles. The van der Waals surface area contributed by atoms with Crippen LogP contribution in [0.25, 0.3) is 0 Å². The van der Waals surface area contributed by atoms with E-state index in [1.807, 2.05) is 13.2 Å². The lowest BCUT2D eigenvalue weighted by atomic mass is 9.93. The molecule has 1 atom stereocenters. The van der Waals surface area contributed by atoms with Crippen molar-refractivity contribution in [3.63, 3.8) is 0 Å². The summed E-state index contributed by atoms with van der Waals surface area (Å²) < 4.78 is 3.24. The Kier molecular flexibility index (Phi) is 6.45. The van der Waals surface area contributed by atoms with Gasteiger partial charge < -0.3 is 10.2 Å². The van der Waals surface area contributed by atoms with Crippen LogP contribution in [0.3, 0.4) is 0 Å². The van der Waals surface area contributed by atoms with Gasteiger partial charge in [-0.05, 0) is 69.2 Å². The topological polar surface area (TPSA) is 33.1 Å². The molecule has 118 valence electrons. The molecule has 2 rings (SSSR count). The quantitative estimate of drug-likeness (QED) is 0.762. The van der Waals surface area contributed by atoms with Crippen molar-refractivity contribution >= 4 is 15.9 Å². The molecule has 1 aliphatic carbocycles. The second kappa shape index (κ2) is 8.11. The van der Waals surface area contributed by atoms with Crippen molar-refractivity contribution in [1.82, 2.24) is 20.0 Å². The van der Waals surface area contributed by atoms with E-state index >= 15 is 0 Å². The number of aromatic nitrogens is 2. The Balaban J connectivity index is 2.12. The van der Waals surface area contributed by atoms with Crippen molar-refractivity contribution in [2.24, 2.45) is 0 Å². The summed E-state index contributed by atoms with van der Waals surface area (Å²) in [6, 6.07) is 0.327. The summed E-state index contributed by atoms with van der Waals surface area (Å²) in [7, 11) is 6.24. The number of nitrogens with zero attached hydrogens (tertiary/aromatic N) is 3. The van der Waals surface area contributed by atoms with Gasteiger partial charge in [0.2, 0.25) is 0 Å². The third-order valence-electron chi connectivity index (χ3n) is 4.12. The number of hydrogen-bond acceptors (Lipinski definition) is 3. The van der Waals surface area contributed by atoms with Crippen molar-refractivity contribution in [1.29, 1.82) is 0 Å². The molecule has 0 amide bonds. The lowest BCUT2D eigenvalue weighted by Crippen LogP contribution is -2.25. The highest BCUT2D eigenvalue weighted by molar-refractivity contribution is 9.10. The molecule has 0 fully saturated rings. The molecular weight excluding hydrogens is 328 g/mol. The number of rotatable bonds is 7. The van der Waals surface area contributed by atoms with E-state index in [1.54, 1.807) is 5.57 Å². The van der Waals surface area contributed by atoms with Crippen molar-refractivity contribution in [3.05, 3.63) is 28.0 Å². The fourth-order valence-electron chi connectivity index (χ4n) is 2.88. The minimum Gasteiger partial charge on any atom is -0.311 e. The predicted molar refractivity (Wildman–Crippen MR) is 91.4 cm³/mol. The molecule has 21 heavy (non-hydrogen) atoms. The molecule has 0 saturated heterocycles. The van der Waals surface area contributed by atoms with Crippen LogP contribution in [0.5, 0.6) is 0 Å². The minimum absolute atomic E-state index is 0.327. The maximum Gasteiger partial charge on any atom is 0.0699 e. The van der Waals surface area contributed by atoms with E-state index in [0.717, 1.165) is 24.0 Å². The molecular formula is C16H27BrN4. The van der Waals surface area contributed by atoms with E-state index in [2.05, 4.69) is 56.1 Å². The summed E-state index contributed by atoms with van der Waals surface area (Å²) in [4.78, 5) is 2.19. The van der Waals surface area contributed by atoms with Crippen LogP contribution in [0.2, 0.25) is 0 Å². The highest BCUT2D eigenvalue weighted by Gasteiger charge is 2.20. The van der Waals surface area contributed by atoms with Gasteiger partial charge in [0.1, 0.15) is 0 Å². The maximum absolute atomic E-state index is 4.53. The van der Waals surface area contributed by atoms with Crippen LogP contribution in [0, 0.1) is 0 Å². The van der Waals surface area contributed by atoms with Gasteiger partial charge in [0.25, 0.3) is 0 Å². The Bertz CT molecular complexity index is 479. The average Bonchev–Trinajstić information content (AvgIpc) is 2.85. The number of likely N-dealkylation sites (N-methyl/N-ethyl adjacent to an activating group) is 1. The van der Waals surface area contributed by atoms with Crippen molar-refractivity contribution < 1.29 is 0 Å². The van der Waals surface area contributed by atoms with Gasteiger partial charge in [-0.3, -0.25) is 4.68 Å². The van der Waals surface area contributed by atoms with Gasteiger partial charge in [0.05, 0.1) is 29.0 Å². The van der Waals surface area contributed by atoms with Crippen LogP contribution in [0.15, 0.2) is 22.3 Å². The van der Waals surface area contributed by atoms with Crippen LogP contribution in [0.1, 0.15) is 43.8 Å². The van der Waals surface area contributed by atoms with E-state index in [9.17, 15) is 0 Å². The zero-order valence-corrected chi connectivity index (χ0v) is 15.0. The summed E-state index contributed by atoms with van der Waals surface area (Å²) in [5.74, 6) is 0. The van der Waals surface area contributed by atoms with Crippen LogP contribution >= 0.6 is 15.9 Å². The number of nitrogens with one attached hydrogen (secondary N) is 1. The number of allylic oxidation sites excluding steroid dienone is 1. The summed E-state index contributed by atoms with van der Waals surface area (Å²) in [5.41, 5.74) is 2.86. The zero-order chi connectivity index (χ0) is 15.2. The Morgan fingerprint density at radius 3 is 2.86 bits per heavy atom. The van der Waals surface area contributed by atoms with Crippen LogP contribution in [-0.4, -0.2) is 42.4 Å². The standard InChI is InChI=1S/C16H27BrN4/c1-18-15(11-13-7-5-4-6-8-13)16-14(17)12-19-21(16)10-9-20(2)3/h7,12,15,18H,4-6,8-11H2,1-3H3. The first-order valence-electron chi connectivity index (χ1n) is 7.83. The second-order valence-electron chi connectivity index (χ2n) is 6.06. The van der Waals surface area contributed by atoms with E-state index in [-0.39, 0.29) is 0 Å². The lowest BCUT2D eigenvalue weighted by Gasteiger charge is -2.22. The monoisotopic (exact) mass is 354 g/mol. The first-order chi connectivity index (χ1) is 10.1. The molecule has 1 aromatic rings. The Labute approximate surface area is 136 Å². The molecule has 1 N–H and O–H groups in total. The smallest absolute Gasteiger partial charge is 0.0699 e. The molecule has 0 spiro atoms. The third kappa shape index (κ3) is 4.66. The summed E-state index contributed by atoms with van der Waals surface area (Å²) >= 11 is 3.67. The minimum atomic E-state index is 0.327. The maximum atomic E-state index is 4.53. The fourth-order valence-corrected chi connectivity index (χ4v) is 3.45. The van der Waals surface area contributed by atoms with Gasteiger partial charge >= 0.3 is 0 Å². The summed E-state index contributed by atoms with van der Waals surface area (Å²) in [6.07, 6.45) is 10.6. The van der Waals surface area contributed by atoms with Gasteiger partial charge in [-0.15, -0.1) is 0 Å². The van der Waals surface area contributed by atoms with Crippen molar-refractivity contribution in [2.75, 3.05) is 27.7 Å². The number of halogens is 1. The highest BCUT2D eigenvalue weighted by atomic mass is 79.9. The van der Waals surface area contributed by atoms with Crippen LogP contribution in [0.4, 0.5) is 0 Å². The average molecular weight is 355 g/mol. The van der Waals surface area contributed by atoms with Crippen LogP contribution in [-0.2, 0) is 6.54 Å². The van der Waals surface area contributed by atoms with E-state index in [0.29, 0.717) is 6.04 Å². The van der Waals surface area contributed by atoms with Gasteiger partial charge in [-0.1, -0.05) is 11.6 Å². The highest BCUT2D eigenvalue weighted by Crippen LogP contribution is 2.31. The summed E-state index contributed by atoms with van der Waals surface area (Å²) in [5, 5.41) is 8.01. The van der Waals surface area contributed by atoms with Gasteiger partial charge in [-0.2, -0.15) is 5.10 Å². The molecule has 1 heterocycles. The molecule has 5 heteroatoms. The molecule has 1 unspecified atom stereocenters. The zero-order valence-electron chi connectivity index (χ0n) is 13.4. The molecule has 4 nitrogen and oxygen atoms in total. The molecule has 0 radical (unpaired) electrons. The number of hydrogen-bond donors (Lipinski definition) is 1. The first kappa shape index (κ1) is 16.7. The third-order valence-corrected chi connectivity index (χ3v) is 4.73. The SMILES string of the molecule is CNC(CC1=CCCCC1)c1c(Br)cnn1CCN(C)C. The molecule has 0 saturated carbocycles. The molecule has 0 aromatic carbocycles. The first-order valence-corrected chi connectivity index (χ1v) is 8.62. The largest absolute Gasteiger partial charge is 0.311 e. The normalized spacial score (nSPS) is 17.1. The van der Waals surface area contributed by atoms with Gasteiger partial charge in [0, 0.05) is 6.54 Å². The Morgan fingerprint density at radius 2 is 2.24 bits per heavy atom. The lowest BCUT2D eigenvalue weighted by molar-refractivity contribution is 0.362. The van der Waals surface area contributed by atoms with Gasteiger partial charge in [0.15, 0.2) is 0 Å².